The molecule has 0 radical (unpaired) electrons. The number of methoxy groups -OCH3 is 1. The molecular weight excluding hydrogens is 592 g/mol. The van der Waals surface area contributed by atoms with E-state index in [4.69, 9.17) is 32.7 Å². The minimum absolute atomic E-state index is 0.00326. The molecule has 2 atom stereocenters. The van der Waals surface area contributed by atoms with Crippen LogP contribution in [0.15, 0.2) is 30.3 Å². The molecule has 3 fully saturated rings. The van der Waals surface area contributed by atoms with E-state index >= 15 is 4.39 Å². The quantitative estimate of drug-likeness (QED) is 0.268. The number of ether oxygens (including phenoxy) is 2. The molecule has 1 aliphatic heterocycles. The van der Waals surface area contributed by atoms with Crippen LogP contribution in [0.3, 0.4) is 0 Å². The molecule has 11 heteroatoms. The number of nitrogens with one attached hydrogen (secondary N) is 1. The van der Waals surface area contributed by atoms with Gasteiger partial charge < -0.3 is 14.8 Å². The second-order valence-corrected chi connectivity index (χ2v) is 12.7. The van der Waals surface area contributed by atoms with Crippen LogP contribution < -0.4 is 10.1 Å². The number of esters is 1. The molecule has 5 rings (SSSR count). The van der Waals surface area contributed by atoms with Crippen LogP contribution in [-0.4, -0.2) is 55.5 Å². The van der Waals surface area contributed by atoms with Crippen LogP contribution in [0.5, 0.6) is 5.75 Å². The minimum Gasteiger partial charge on any atom is -0.493 e. The summed E-state index contributed by atoms with van der Waals surface area (Å²) in [5, 5.41) is 3.27. The van der Waals surface area contributed by atoms with E-state index < -0.39 is 35.7 Å². The van der Waals surface area contributed by atoms with Gasteiger partial charge in [-0.1, -0.05) is 23.2 Å². The Kier molecular flexibility index (Phi) is 9.30. The van der Waals surface area contributed by atoms with Crippen molar-refractivity contribution in [2.24, 2.45) is 11.8 Å². The van der Waals surface area contributed by atoms with Crippen LogP contribution in [0.1, 0.15) is 78.9 Å². The minimum atomic E-state index is -3.02. The molecule has 228 valence electrons. The lowest BCUT2D eigenvalue weighted by atomic mass is 9.92. The Balaban J connectivity index is 1.23. The van der Waals surface area contributed by atoms with Crippen molar-refractivity contribution in [1.82, 2.24) is 10.2 Å². The third kappa shape index (κ3) is 7.34. The molecule has 2 saturated carbocycles. The number of halogens is 5. The zero-order chi connectivity index (χ0) is 30.2. The molecule has 1 saturated heterocycles. The highest BCUT2D eigenvalue weighted by molar-refractivity contribution is 6.34. The van der Waals surface area contributed by atoms with Crippen LogP contribution in [0, 0.1) is 17.7 Å². The number of carbonyl (C=O) groups excluding carboxylic acids is 2. The van der Waals surface area contributed by atoms with Gasteiger partial charge in [0.25, 0.3) is 11.8 Å². The number of carbonyl (C=O) groups is 2. The van der Waals surface area contributed by atoms with Gasteiger partial charge in [0.1, 0.15) is 17.6 Å². The summed E-state index contributed by atoms with van der Waals surface area (Å²) >= 11 is 12.2. The summed E-state index contributed by atoms with van der Waals surface area (Å²) in [6.45, 7) is 2.07. The van der Waals surface area contributed by atoms with Gasteiger partial charge in [-0.25, -0.2) is 18.0 Å². The van der Waals surface area contributed by atoms with Gasteiger partial charge in [-0.15, -0.1) is 0 Å². The first-order valence-corrected chi connectivity index (χ1v) is 15.1. The molecule has 1 unspecified atom stereocenters. The maximum Gasteiger partial charge on any atom is 0.328 e. The first-order valence-electron chi connectivity index (χ1n) is 14.4. The van der Waals surface area contributed by atoms with Gasteiger partial charge in [-0.3, -0.25) is 9.69 Å². The van der Waals surface area contributed by atoms with E-state index in [1.165, 1.54) is 37.4 Å². The number of hydrogen-bond acceptors (Lipinski definition) is 5. The van der Waals surface area contributed by atoms with Crippen molar-refractivity contribution in [3.05, 3.63) is 62.9 Å². The van der Waals surface area contributed by atoms with Crippen molar-refractivity contribution < 1.29 is 32.2 Å². The van der Waals surface area contributed by atoms with Gasteiger partial charge in [0.05, 0.1) is 25.3 Å². The molecule has 1 heterocycles. The molecular formula is C31H35Cl2F3N2O4. The number of benzene rings is 2. The standard InChI is InChI=1S/C31H35Cl2F3N2O4/c1-31(35,36)28(20-11-21(32)13-22(33)12-20)38-9-7-17(8-10-38)16-42-26-15-25(34)24(14-23(26)18-3-4-18)29(39)37-27(19-5-6-19)30(40)41-2/h11-15,17-19,27-28H,3-10,16H2,1-2H3,(H,37,39)/t27-,28?/m0/s1. The molecule has 0 aromatic heterocycles. The Bertz CT molecular complexity index is 1300. The van der Waals surface area contributed by atoms with Gasteiger partial charge in [0, 0.05) is 23.0 Å². The van der Waals surface area contributed by atoms with Crippen molar-refractivity contribution in [2.45, 2.75) is 69.4 Å². The van der Waals surface area contributed by atoms with Gasteiger partial charge >= 0.3 is 5.97 Å². The fourth-order valence-corrected chi connectivity index (χ4v) is 6.41. The molecule has 0 spiro atoms. The zero-order valence-electron chi connectivity index (χ0n) is 23.6. The summed E-state index contributed by atoms with van der Waals surface area (Å²) in [5.41, 5.74) is 1.02. The molecule has 0 bridgehead atoms. The van der Waals surface area contributed by atoms with E-state index in [0.717, 1.165) is 38.2 Å². The van der Waals surface area contributed by atoms with Crippen molar-refractivity contribution >= 4 is 35.1 Å². The lowest BCUT2D eigenvalue weighted by Gasteiger charge is -2.40. The van der Waals surface area contributed by atoms with E-state index in [0.29, 0.717) is 53.9 Å². The Morgan fingerprint density at radius 3 is 2.21 bits per heavy atom. The Morgan fingerprint density at radius 1 is 1.02 bits per heavy atom. The highest BCUT2D eigenvalue weighted by Gasteiger charge is 2.42. The molecule has 2 aromatic rings. The molecule has 3 aliphatic rings. The molecule has 42 heavy (non-hydrogen) atoms. The summed E-state index contributed by atoms with van der Waals surface area (Å²) in [6.07, 6.45) is 4.68. The van der Waals surface area contributed by atoms with Crippen molar-refractivity contribution in [1.29, 1.82) is 0 Å². The van der Waals surface area contributed by atoms with E-state index in [1.807, 2.05) is 0 Å². The van der Waals surface area contributed by atoms with Gasteiger partial charge in [-0.05, 0) is 105 Å². The largest absolute Gasteiger partial charge is 0.493 e. The monoisotopic (exact) mass is 626 g/mol. The lowest BCUT2D eigenvalue weighted by molar-refractivity contribution is -0.143. The highest BCUT2D eigenvalue weighted by atomic mass is 35.5. The summed E-state index contributed by atoms with van der Waals surface area (Å²) in [5.74, 6) is -4.27. The molecule has 1 amide bonds. The third-order valence-electron chi connectivity index (χ3n) is 8.37. The number of nitrogens with zero attached hydrogens (tertiary/aromatic N) is 1. The van der Waals surface area contributed by atoms with Crippen LogP contribution in [0.4, 0.5) is 13.2 Å². The lowest BCUT2D eigenvalue weighted by Crippen LogP contribution is -2.44. The fourth-order valence-electron chi connectivity index (χ4n) is 5.87. The van der Waals surface area contributed by atoms with E-state index in [1.54, 1.807) is 4.90 Å². The van der Waals surface area contributed by atoms with Crippen molar-refractivity contribution in [2.75, 3.05) is 26.8 Å². The van der Waals surface area contributed by atoms with Crippen molar-refractivity contribution in [3.63, 3.8) is 0 Å². The number of hydrogen-bond donors (Lipinski definition) is 1. The maximum absolute atomic E-state index is 15.2. The molecule has 6 nitrogen and oxygen atoms in total. The maximum atomic E-state index is 15.2. The first kappa shape index (κ1) is 31.0. The third-order valence-corrected chi connectivity index (χ3v) is 8.80. The second-order valence-electron chi connectivity index (χ2n) is 11.8. The van der Waals surface area contributed by atoms with Gasteiger partial charge in [0.2, 0.25) is 0 Å². The second kappa shape index (κ2) is 12.6. The van der Waals surface area contributed by atoms with E-state index in [2.05, 4.69) is 5.32 Å². The number of alkyl halides is 2. The number of piperidine rings is 1. The average Bonchev–Trinajstić information content (AvgIpc) is 3.84. The molecule has 2 aromatic carbocycles. The summed E-state index contributed by atoms with van der Waals surface area (Å²) in [7, 11) is 1.26. The smallest absolute Gasteiger partial charge is 0.328 e. The van der Waals surface area contributed by atoms with Crippen LogP contribution >= 0.6 is 23.2 Å². The topological polar surface area (TPSA) is 67.9 Å². The number of amides is 1. The first-order chi connectivity index (χ1) is 19.9. The Labute approximate surface area is 253 Å². The highest BCUT2D eigenvalue weighted by Crippen LogP contribution is 2.46. The zero-order valence-corrected chi connectivity index (χ0v) is 25.1. The van der Waals surface area contributed by atoms with E-state index in [-0.39, 0.29) is 23.3 Å². The summed E-state index contributed by atoms with van der Waals surface area (Å²) in [4.78, 5) is 26.8. The summed E-state index contributed by atoms with van der Waals surface area (Å²) in [6, 6.07) is 5.41. The molecule has 2 aliphatic carbocycles. The average molecular weight is 628 g/mol. The summed E-state index contributed by atoms with van der Waals surface area (Å²) < 4.78 is 55.7. The van der Waals surface area contributed by atoms with Crippen LogP contribution in [0.25, 0.3) is 0 Å². The van der Waals surface area contributed by atoms with Crippen LogP contribution in [-0.2, 0) is 9.53 Å². The van der Waals surface area contributed by atoms with Gasteiger partial charge in [-0.2, -0.15) is 0 Å². The normalized spacial score (nSPS) is 19.7. The predicted octanol–water partition coefficient (Wildman–Crippen LogP) is 7.18. The van der Waals surface area contributed by atoms with Crippen molar-refractivity contribution in [3.8, 4) is 5.75 Å². The molecule has 1 N–H and O–H groups in total. The Hall–Kier alpha value is -2.49. The predicted molar refractivity (Wildman–Crippen MR) is 154 cm³/mol. The number of rotatable bonds is 11. The fraction of sp³-hybridized carbons (Fsp3) is 0.548. The Morgan fingerprint density at radius 2 is 1.67 bits per heavy atom. The van der Waals surface area contributed by atoms with Crippen LogP contribution in [0.2, 0.25) is 10.0 Å². The SMILES string of the molecule is COC(=O)[C@@H](NC(=O)c1cc(C2CC2)c(OCC2CCN(C(c3cc(Cl)cc(Cl)c3)C(C)(F)F)CC2)cc1F)C1CC1. The van der Waals surface area contributed by atoms with E-state index in [9.17, 15) is 18.4 Å². The van der Waals surface area contributed by atoms with Gasteiger partial charge in [0.15, 0.2) is 0 Å². The number of likely N-dealkylation sites (tertiary alicyclic amines) is 1.